The van der Waals surface area contributed by atoms with Crippen LogP contribution in [0, 0.1) is 15.9 Å². The van der Waals surface area contributed by atoms with Crippen LogP contribution in [0.2, 0.25) is 5.02 Å². The van der Waals surface area contributed by atoms with Gasteiger partial charge in [0.15, 0.2) is 11.6 Å². The van der Waals surface area contributed by atoms with Crippen molar-refractivity contribution in [3.63, 3.8) is 0 Å². The van der Waals surface area contributed by atoms with E-state index >= 15 is 0 Å². The molecule has 0 saturated heterocycles. The predicted octanol–water partition coefficient (Wildman–Crippen LogP) is 4.07. The average Bonchev–Trinajstić information content (AvgIpc) is 2.83. The Balaban J connectivity index is 1.99. The Bertz CT molecular complexity index is 871. The summed E-state index contributed by atoms with van der Waals surface area (Å²) < 4.78 is 21.2. The number of non-ortho nitro benzene ring substituents is 1. The lowest BCUT2D eigenvalue weighted by Crippen LogP contribution is -1.94. The van der Waals surface area contributed by atoms with Gasteiger partial charge in [0.25, 0.3) is 5.69 Å². The molecule has 0 fully saturated rings. The van der Waals surface area contributed by atoms with Crippen molar-refractivity contribution in [3.05, 3.63) is 57.6 Å². The van der Waals surface area contributed by atoms with Gasteiger partial charge in [-0.05, 0) is 12.1 Å². The van der Waals surface area contributed by atoms with Crippen LogP contribution in [0.25, 0.3) is 11.0 Å². The molecule has 0 unspecified atom stereocenters. The maximum atomic E-state index is 13.9. The summed E-state index contributed by atoms with van der Waals surface area (Å²) in [5.74, 6) is -0.830. The van der Waals surface area contributed by atoms with E-state index in [2.05, 4.69) is 4.98 Å². The smallest absolute Gasteiger partial charge is 0.274 e. The largest absolute Gasteiger partial charge is 0.453 e. The number of nitro benzene ring substituents is 1. The van der Waals surface area contributed by atoms with Crippen molar-refractivity contribution in [2.45, 2.75) is 0 Å². The van der Waals surface area contributed by atoms with E-state index in [4.69, 9.17) is 16.3 Å². The number of rotatable bonds is 3. The molecule has 8 heteroatoms. The molecule has 0 aliphatic carbocycles. The lowest BCUT2D eigenvalue weighted by Gasteiger charge is -2.08. The third-order valence-electron chi connectivity index (χ3n) is 3.11. The van der Waals surface area contributed by atoms with Crippen LogP contribution in [0.5, 0.6) is 11.5 Å². The maximum Gasteiger partial charge on any atom is 0.274 e. The molecule has 6 nitrogen and oxygen atoms in total. The van der Waals surface area contributed by atoms with Crippen molar-refractivity contribution >= 4 is 28.3 Å². The van der Waals surface area contributed by atoms with Crippen molar-refractivity contribution in [1.82, 2.24) is 9.55 Å². The van der Waals surface area contributed by atoms with E-state index in [0.29, 0.717) is 11.3 Å². The first kappa shape index (κ1) is 14.3. The van der Waals surface area contributed by atoms with Gasteiger partial charge < -0.3 is 9.30 Å². The quantitative estimate of drug-likeness (QED) is 0.538. The van der Waals surface area contributed by atoms with Crippen molar-refractivity contribution in [2.75, 3.05) is 0 Å². The number of aryl methyl sites for hydroxylation is 1. The van der Waals surface area contributed by atoms with E-state index in [1.54, 1.807) is 24.5 Å². The van der Waals surface area contributed by atoms with E-state index in [1.807, 2.05) is 11.6 Å². The lowest BCUT2D eigenvalue weighted by atomic mass is 10.2. The number of hydrogen-bond donors (Lipinski definition) is 0. The number of nitrogens with zero attached hydrogens (tertiary/aromatic N) is 3. The van der Waals surface area contributed by atoms with Crippen LogP contribution in [0.4, 0.5) is 10.1 Å². The van der Waals surface area contributed by atoms with E-state index in [-0.39, 0.29) is 10.8 Å². The fourth-order valence-corrected chi connectivity index (χ4v) is 2.29. The molecular formula is C14H9ClFN3O3. The van der Waals surface area contributed by atoms with Gasteiger partial charge in [-0.2, -0.15) is 0 Å². The van der Waals surface area contributed by atoms with Crippen molar-refractivity contribution in [2.24, 2.45) is 7.05 Å². The Morgan fingerprint density at radius 1 is 1.36 bits per heavy atom. The molecule has 0 aliphatic heterocycles. The number of benzene rings is 2. The molecule has 0 N–H and O–H groups in total. The summed E-state index contributed by atoms with van der Waals surface area (Å²) in [6, 6.07) is 6.85. The van der Waals surface area contributed by atoms with E-state index in [1.165, 1.54) is 0 Å². The van der Waals surface area contributed by atoms with Crippen molar-refractivity contribution in [3.8, 4) is 11.5 Å². The third-order valence-corrected chi connectivity index (χ3v) is 3.39. The Hall–Kier alpha value is -2.67. The van der Waals surface area contributed by atoms with Crippen LogP contribution in [-0.4, -0.2) is 14.5 Å². The molecule has 0 atom stereocenters. The number of nitro groups is 1. The van der Waals surface area contributed by atoms with Gasteiger partial charge in [0.2, 0.25) is 0 Å². The summed E-state index contributed by atoms with van der Waals surface area (Å²) >= 11 is 5.86. The van der Waals surface area contributed by atoms with E-state index in [9.17, 15) is 14.5 Å². The second-order valence-corrected chi connectivity index (χ2v) is 5.01. The van der Waals surface area contributed by atoms with Gasteiger partial charge in [0.1, 0.15) is 5.75 Å². The number of halogens is 2. The molecular weight excluding hydrogens is 313 g/mol. The van der Waals surface area contributed by atoms with Gasteiger partial charge in [0.05, 0.1) is 33.4 Å². The first-order chi connectivity index (χ1) is 10.5. The van der Waals surface area contributed by atoms with Gasteiger partial charge in [0, 0.05) is 19.2 Å². The number of fused-ring (bicyclic) bond motifs is 1. The molecule has 0 spiro atoms. The summed E-state index contributed by atoms with van der Waals surface area (Å²) in [5, 5.41) is 10.5. The van der Waals surface area contributed by atoms with Gasteiger partial charge in [-0.1, -0.05) is 11.6 Å². The molecule has 1 heterocycles. The molecule has 0 aliphatic rings. The highest BCUT2D eigenvalue weighted by Gasteiger charge is 2.18. The summed E-state index contributed by atoms with van der Waals surface area (Å²) in [5.41, 5.74) is 1.14. The normalized spacial score (nSPS) is 10.9. The van der Waals surface area contributed by atoms with Crippen molar-refractivity contribution < 1.29 is 14.1 Å². The van der Waals surface area contributed by atoms with Crippen LogP contribution in [0.3, 0.4) is 0 Å². The zero-order valence-electron chi connectivity index (χ0n) is 11.3. The zero-order chi connectivity index (χ0) is 15.9. The molecule has 3 rings (SSSR count). The molecule has 2 aromatic carbocycles. The van der Waals surface area contributed by atoms with Gasteiger partial charge in [-0.15, -0.1) is 0 Å². The van der Waals surface area contributed by atoms with Crippen molar-refractivity contribution in [1.29, 1.82) is 0 Å². The molecule has 0 bridgehead atoms. The first-order valence-corrected chi connectivity index (χ1v) is 6.56. The second-order valence-electron chi connectivity index (χ2n) is 4.60. The average molecular weight is 322 g/mol. The number of ether oxygens (including phenoxy) is 1. The molecule has 22 heavy (non-hydrogen) atoms. The Morgan fingerprint density at radius 2 is 2.14 bits per heavy atom. The molecule has 1 aromatic heterocycles. The Kier molecular flexibility index (Phi) is 3.42. The standard InChI is InChI=1S/C14H9ClFN3O3/c1-18-7-17-12-6-9(2-3-13(12)18)22-14-10(15)4-8(19(20)21)5-11(14)16/h2-7H,1H3. The fourth-order valence-electron chi connectivity index (χ4n) is 2.05. The molecule has 0 saturated carbocycles. The summed E-state index contributed by atoms with van der Waals surface area (Å²) in [6.07, 6.45) is 1.65. The minimum Gasteiger partial charge on any atom is -0.453 e. The highest BCUT2D eigenvalue weighted by molar-refractivity contribution is 6.32. The third kappa shape index (κ3) is 2.46. The first-order valence-electron chi connectivity index (χ1n) is 6.18. The topological polar surface area (TPSA) is 70.2 Å². The van der Waals surface area contributed by atoms with Crippen LogP contribution in [0.15, 0.2) is 36.7 Å². The summed E-state index contributed by atoms with van der Waals surface area (Å²) in [4.78, 5) is 14.1. The van der Waals surface area contributed by atoms with Crippen LogP contribution >= 0.6 is 11.6 Å². The van der Waals surface area contributed by atoms with E-state index in [0.717, 1.165) is 17.6 Å². The number of hydrogen-bond acceptors (Lipinski definition) is 4. The van der Waals surface area contributed by atoms with E-state index < -0.39 is 16.4 Å². The fraction of sp³-hybridized carbons (Fsp3) is 0.0714. The van der Waals surface area contributed by atoms with Gasteiger partial charge in [-0.3, -0.25) is 10.1 Å². The molecule has 112 valence electrons. The molecule has 0 radical (unpaired) electrons. The minimum absolute atomic E-state index is 0.173. The van der Waals surface area contributed by atoms with Crippen LogP contribution < -0.4 is 4.74 Å². The molecule has 0 amide bonds. The van der Waals surface area contributed by atoms with Gasteiger partial charge in [-0.25, -0.2) is 9.37 Å². The summed E-state index contributed by atoms with van der Waals surface area (Å²) in [7, 11) is 1.85. The lowest BCUT2D eigenvalue weighted by molar-refractivity contribution is -0.385. The monoisotopic (exact) mass is 321 g/mol. The minimum atomic E-state index is -0.902. The number of imidazole rings is 1. The predicted molar refractivity (Wildman–Crippen MR) is 78.9 cm³/mol. The second kappa shape index (κ2) is 5.27. The SMILES string of the molecule is Cn1cnc2cc(Oc3c(F)cc([N+](=O)[O-])cc3Cl)ccc21. The highest BCUT2D eigenvalue weighted by atomic mass is 35.5. The number of aromatic nitrogens is 2. The van der Waals surface area contributed by atoms with Crippen LogP contribution in [-0.2, 0) is 7.05 Å². The Morgan fingerprint density at radius 3 is 2.82 bits per heavy atom. The Labute approximate surface area is 128 Å². The summed E-state index contributed by atoms with van der Waals surface area (Å²) in [6.45, 7) is 0. The van der Waals surface area contributed by atoms with Gasteiger partial charge >= 0.3 is 0 Å². The maximum absolute atomic E-state index is 13.9. The zero-order valence-corrected chi connectivity index (χ0v) is 12.0. The molecule has 3 aromatic rings. The van der Waals surface area contributed by atoms with Crippen LogP contribution in [0.1, 0.15) is 0 Å². The highest BCUT2D eigenvalue weighted by Crippen LogP contribution is 2.36.